The molecular weight excluding hydrogens is 436 g/mol. The molecule has 0 aliphatic rings. The van der Waals surface area contributed by atoms with E-state index < -0.39 is 66.5 Å². The number of carbonyl (C=O) groups is 4. The zero-order valence-electron chi connectivity index (χ0n) is 18.7. The van der Waals surface area contributed by atoms with E-state index in [9.17, 15) is 34.5 Å². The smallest absolute Gasteiger partial charge is 0.326 e. The fourth-order valence-electron chi connectivity index (χ4n) is 2.86. The van der Waals surface area contributed by atoms with Gasteiger partial charge in [-0.2, -0.15) is 0 Å². The third kappa shape index (κ3) is 8.67. The second kappa shape index (κ2) is 12.7. The molecule has 0 heterocycles. The number of phenolic OH excluding ortho intramolecular Hbond substituents is 1. The highest BCUT2D eigenvalue weighted by Gasteiger charge is 2.33. The number of aliphatic hydroxyl groups is 2. The van der Waals surface area contributed by atoms with Crippen molar-refractivity contribution in [3.63, 3.8) is 0 Å². The van der Waals surface area contributed by atoms with E-state index in [1.807, 2.05) is 0 Å². The maximum atomic E-state index is 12.8. The molecule has 0 saturated carbocycles. The molecule has 12 nitrogen and oxygen atoms in total. The number of aromatic hydroxyl groups is 1. The van der Waals surface area contributed by atoms with E-state index in [0.29, 0.717) is 5.56 Å². The van der Waals surface area contributed by atoms with Gasteiger partial charge in [0.2, 0.25) is 17.7 Å². The molecule has 3 amide bonds. The van der Waals surface area contributed by atoms with Crippen molar-refractivity contribution in [2.45, 2.75) is 57.5 Å². The quantitative estimate of drug-likeness (QED) is 0.167. The molecule has 9 N–H and O–H groups in total. The SMILES string of the molecule is CC(C)C(NC(=O)C(NC(=O)C(N)CO)C(C)O)C(=O)NC(Cc1ccc(O)cc1)C(=O)O. The summed E-state index contributed by atoms with van der Waals surface area (Å²) in [5.74, 6) is -4.28. The number of carbonyl (C=O) groups excluding carboxylic acids is 3. The first kappa shape index (κ1) is 27.8. The van der Waals surface area contributed by atoms with Gasteiger partial charge in [0.15, 0.2) is 0 Å². The van der Waals surface area contributed by atoms with Crippen LogP contribution < -0.4 is 21.7 Å². The topological polar surface area (TPSA) is 211 Å². The number of hydrogen-bond donors (Lipinski definition) is 8. The van der Waals surface area contributed by atoms with Crippen LogP contribution in [-0.4, -0.2) is 81.0 Å². The molecule has 1 rings (SSSR count). The Balaban J connectivity index is 2.94. The Morgan fingerprint density at radius 2 is 1.42 bits per heavy atom. The van der Waals surface area contributed by atoms with Crippen LogP contribution in [0.1, 0.15) is 26.3 Å². The fraction of sp³-hybridized carbons (Fsp3) is 0.524. The molecule has 0 bridgehead atoms. The molecule has 0 spiro atoms. The van der Waals surface area contributed by atoms with Crippen LogP contribution in [0.5, 0.6) is 5.75 Å². The van der Waals surface area contributed by atoms with Crippen LogP contribution >= 0.6 is 0 Å². The Bertz CT molecular complexity index is 828. The lowest BCUT2D eigenvalue weighted by atomic mass is 10.0. The highest BCUT2D eigenvalue weighted by atomic mass is 16.4. The van der Waals surface area contributed by atoms with Crippen molar-refractivity contribution >= 4 is 23.7 Å². The molecule has 5 unspecified atom stereocenters. The number of nitrogens with two attached hydrogens (primary N) is 1. The average molecular weight is 469 g/mol. The standard InChI is InChI=1S/C21H32N4O8/c1-10(2)16(24-20(31)17(11(3)27)25-18(29)14(22)9-26)19(30)23-15(21(32)33)8-12-4-6-13(28)7-5-12/h4-7,10-11,14-17,26-28H,8-9,22H2,1-3H3,(H,23,30)(H,24,31)(H,25,29)(H,32,33). The Hall–Kier alpha value is -3.22. The summed E-state index contributed by atoms with van der Waals surface area (Å²) in [6.45, 7) is 3.82. The lowest BCUT2D eigenvalue weighted by Gasteiger charge is -2.28. The minimum atomic E-state index is -1.46. The maximum absolute atomic E-state index is 12.8. The molecule has 1 aromatic rings. The van der Waals surface area contributed by atoms with E-state index in [1.165, 1.54) is 31.2 Å². The van der Waals surface area contributed by atoms with Crippen molar-refractivity contribution in [1.82, 2.24) is 16.0 Å². The summed E-state index contributed by atoms with van der Waals surface area (Å²) < 4.78 is 0. The summed E-state index contributed by atoms with van der Waals surface area (Å²) in [4.78, 5) is 49.1. The third-order valence-corrected chi connectivity index (χ3v) is 4.83. The van der Waals surface area contributed by atoms with Crippen molar-refractivity contribution in [2.75, 3.05) is 6.61 Å². The van der Waals surface area contributed by atoms with Gasteiger partial charge in [0, 0.05) is 6.42 Å². The van der Waals surface area contributed by atoms with Crippen molar-refractivity contribution in [1.29, 1.82) is 0 Å². The van der Waals surface area contributed by atoms with Gasteiger partial charge in [-0.3, -0.25) is 14.4 Å². The maximum Gasteiger partial charge on any atom is 0.326 e. The summed E-state index contributed by atoms with van der Waals surface area (Å²) in [6, 6.07) is 0.564. The van der Waals surface area contributed by atoms with Gasteiger partial charge in [-0.05, 0) is 30.5 Å². The zero-order valence-corrected chi connectivity index (χ0v) is 18.7. The van der Waals surface area contributed by atoms with E-state index in [0.717, 1.165) is 0 Å². The number of aliphatic hydroxyl groups excluding tert-OH is 2. The summed E-state index contributed by atoms with van der Waals surface area (Å²) in [5.41, 5.74) is 5.97. The zero-order chi connectivity index (χ0) is 25.3. The minimum Gasteiger partial charge on any atom is -0.508 e. The molecule has 12 heteroatoms. The largest absolute Gasteiger partial charge is 0.508 e. The second-order valence-corrected chi connectivity index (χ2v) is 8.02. The molecule has 0 aliphatic carbocycles. The molecule has 0 fully saturated rings. The summed E-state index contributed by atoms with van der Waals surface area (Å²) in [5, 5.41) is 44.8. The number of benzene rings is 1. The van der Waals surface area contributed by atoms with Crippen LogP contribution in [-0.2, 0) is 25.6 Å². The normalized spacial score (nSPS) is 15.6. The molecule has 33 heavy (non-hydrogen) atoms. The number of amides is 3. The summed E-state index contributed by atoms with van der Waals surface area (Å²) in [6.07, 6.45) is -1.41. The van der Waals surface area contributed by atoms with Crippen LogP contribution in [0.4, 0.5) is 0 Å². The van der Waals surface area contributed by atoms with Gasteiger partial charge >= 0.3 is 5.97 Å². The van der Waals surface area contributed by atoms with Crippen molar-refractivity contribution in [2.24, 2.45) is 11.7 Å². The van der Waals surface area contributed by atoms with E-state index in [2.05, 4.69) is 16.0 Å². The number of hydrogen-bond acceptors (Lipinski definition) is 8. The van der Waals surface area contributed by atoms with E-state index in [-0.39, 0.29) is 12.2 Å². The third-order valence-electron chi connectivity index (χ3n) is 4.83. The van der Waals surface area contributed by atoms with Gasteiger partial charge < -0.3 is 42.1 Å². The molecule has 0 aromatic heterocycles. The minimum absolute atomic E-state index is 0.0111. The van der Waals surface area contributed by atoms with Gasteiger partial charge in [-0.25, -0.2) is 4.79 Å². The lowest BCUT2D eigenvalue weighted by molar-refractivity contribution is -0.142. The Morgan fingerprint density at radius 1 is 0.909 bits per heavy atom. The van der Waals surface area contributed by atoms with Crippen molar-refractivity contribution in [3.8, 4) is 5.75 Å². The Labute approximate surface area is 191 Å². The molecule has 0 aliphatic heterocycles. The Kier molecular flexibility index (Phi) is 10.7. The predicted molar refractivity (Wildman–Crippen MR) is 117 cm³/mol. The fourth-order valence-corrected chi connectivity index (χ4v) is 2.86. The van der Waals surface area contributed by atoms with Crippen molar-refractivity contribution in [3.05, 3.63) is 29.8 Å². The molecule has 0 radical (unpaired) electrons. The van der Waals surface area contributed by atoms with Crippen LogP contribution in [0.2, 0.25) is 0 Å². The van der Waals surface area contributed by atoms with Gasteiger partial charge in [0.25, 0.3) is 0 Å². The van der Waals surface area contributed by atoms with Crippen LogP contribution in [0.15, 0.2) is 24.3 Å². The second-order valence-electron chi connectivity index (χ2n) is 8.02. The first-order valence-electron chi connectivity index (χ1n) is 10.3. The van der Waals surface area contributed by atoms with E-state index in [1.54, 1.807) is 13.8 Å². The molecule has 184 valence electrons. The van der Waals surface area contributed by atoms with Crippen LogP contribution in [0.25, 0.3) is 0 Å². The van der Waals surface area contributed by atoms with Crippen LogP contribution in [0.3, 0.4) is 0 Å². The first-order chi connectivity index (χ1) is 15.4. The predicted octanol–water partition coefficient (Wildman–Crippen LogP) is -2.17. The molecule has 1 aromatic carbocycles. The number of carboxylic acids is 1. The van der Waals surface area contributed by atoms with E-state index in [4.69, 9.17) is 10.8 Å². The Morgan fingerprint density at radius 3 is 1.88 bits per heavy atom. The molecular formula is C21H32N4O8. The van der Waals surface area contributed by atoms with Gasteiger partial charge in [-0.1, -0.05) is 26.0 Å². The molecule has 0 saturated heterocycles. The highest BCUT2D eigenvalue weighted by molar-refractivity contribution is 5.94. The monoisotopic (exact) mass is 468 g/mol. The van der Waals surface area contributed by atoms with Gasteiger partial charge in [0.05, 0.1) is 12.7 Å². The number of rotatable bonds is 12. The molecule has 5 atom stereocenters. The average Bonchev–Trinajstić information content (AvgIpc) is 2.74. The number of aliphatic carboxylic acids is 1. The number of phenols is 1. The van der Waals surface area contributed by atoms with E-state index >= 15 is 0 Å². The number of nitrogens with one attached hydrogen (secondary N) is 3. The summed E-state index contributed by atoms with van der Waals surface area (Å²) in [7, 11) is 0. The number of carboxylic acid groups (broad SMARTS) is 1. The van der Waals surface area contributed by atoms with Crippen LogP contribution in [0, 0.1) is 5.92 Å². The van der Waals surface area contributed by atoms with Crippen molar-refractivity contribution < 1.29 is 39.6 Å². The first-order valence-corrected chi connectivity index (χ1v) is 10.3. The van der Waals surface area contributed by atoms with Gasteiger partial charge in [-0.15, -0.1) is 0 Å². The van der Waals surface area contributed by atoms with Gasteiger partial charge in [0.1, 0.15) is 29.9 Å². The summed E-state index contributed by atoms with van der Waals surface area (Å²) >= 11 is 0. The lowest BCUT2D eigenvalue weighted by Crippen LogP contribution is -2.61. The highest BCUT2D eigenvalue weighted by Crippen LogP contribution is 2.12.